The van der Waals surface area contributed by atoms with Crippen LogP contribution in [-0.2, 0) is 11.2 Å². The van der Waals surface area contributed by atoms with Gasteiger partial charge in [0.2, 0.25) is 5.91 Å². The van der Waals surface area contributed by atoms with Gasteiger partial charge in [0.25, 0.3) is 0 Å². The second kappa shape index (κ2) is 8.75. The van der Waals surface area contributed by atoms with Crippen molar-refractivity contribution in [1.82, 2.24) is 5.32 Å². The maximum atomic E-state index is 11.4. The number of nitrogens with two attached hydrogens (primary N) is 1. The Morgan fingerprint density at radius 2 is 2.35 bits per heavy atom. The van der Waals surface area contributed by atoms with E-state index < -0.39 is 0 Å². The molecule has 0 spiro atoms. The molecule has 1 unspecified atom stereocenters. The van der Waals surface area contributed by atoms with E-state index in [1.807, 2.05) is 18.4 Å². The maximum Gasteiger partial charge on any atom is 0.220 e. The van der Waals surface area contributed by atoms with E-state index in [9.17, 15) is 4.79 Å². The molecule has 3 N–H and O–H groups in total. The van der Waals surface area contributed by atoms with Crippen LogP contribution in [-0.4, -0.2) is 18.5 Å². The number of aryl methyl sites for hydroxylation is 1. The van der Waals surface area contributed by atoms with E-state index in [2.05, 4.69) is 5.32 Å². The van der Waals surface area contributed by atoms with E-state index in [-0.39, 0.29) is 24.4 Å². The van der Waals surface area contributed by atoms with E-state index in [0.29, 0.717) is 13.0 Å². The van der Waals surface area contributed by atoms with Gasteiger partial charge >= 0.3 is 0 Å². The molecule has 1 aromatic heterocycles. The molecule has 1 rings (SSSR count). The van der Waals surface area contributed by atoms with Crippen LogP contribution in [0.3, 0.4) is 0 Å². The molecule has 0 aliphatic rings. The van der Waals surface area contributed by atoms with E-state index in [1.54, 1.807) is 11.3 Å². The van der Waals surface area contributed by atoms with E-state index in [1.165, 1.54) is 0 Å². The van der Waals surface area contributed by atoms with Crippen molar-refractivity contribution in [3.05, 3.63) is 21.3 Å². The standard InChI is InChI=1S/C11H17ClN2OS.ClH/c1-8(13)4-5-14-11(15)3-2-10-6-9(12)7-16-10;/h6-8H,2-5,13H2,1H3,(H,14,15);1H. The molecule has 17 heavy (non-hydrogen) atoms. The predicted molar refractivity (Wildman–Crippen MR) is 76.2 cm³/mol. The van der Waals surface area contributed by atoms with Gasteiger partial charge in [0.15, 0.2) is 0 Å². The Morgan fingerprint density at radius 1 is 1.65 bits per heavy atom. The first-order valence-electron chi connectivity index (χ1n) is 5.33. The average Bonchev–Trinajstić information content (AvgIpc) is 2.61. The van der Waals surface area contributed by atoms with Crippen molar-refractivity contribution in [2.45, 2.75) is 32.2 Å². The molecule has 1 amide bonds. The van der Waals surface area contributed by atoms with Crippen LogP contribution in [0.2, 0.25) is 5.02 Å². The molecule has 0 fully saturated rings. The summed E-state index contributed by atoms with van der Waals surface area (Å²) in [4.78, 5) is 12.6. The van der Waals surface area contributed by atoms with Crippen molar-refractivity contribution in [1.29, 1.82) is 0 Å². The number of amides is 1. The van der Waals surface area contributed by atoms with E-state index in [0.717, 1.165) is 22.7 Å². The summed E-state index contributed by atoms with van der Waals surface area (Å²) < 4.78 is 0. The first-order chi connectivity index (χ1) is 7.58. The minimum Gasteiger partial charge on any atom is -0.356 e. The van der Waals surface area contributed by atoms with Gasteiger partial charge in [-0.2, -0.15) is 0 Å². The molecule has 0 saturated heterocycles. The molecule has 6 heteroatoms. The van der Waals surface area contributed by atoms with Gasteiger partial charge in [-0.3, -0.25) is 4.79 Å². The molecule has 0 bridgehead atoms. The predicted octanol–water partition coefficient (Wildman–Crippen LogP) is 2.61. The molecule has 3 nitrogen and oxygen atoms in total. The van der Waals surface area contributed by atoms with Gasteiger partial charge in [-0.15, -0.1) is 23.7 Å². The van der Waals surface area contributed by atoms with Crippen LogP contribution in [0.4, 0.5) is 0 Å². The van der Waals surface area contributed by atoms with Crippen molar-refractivity contribution in [3.63, 3.8) is 0 Å². The zero-order valence-electron chi connectivity index (χ0n) is 9.74. The first kappa shape index (κ1) is 16.7. The highest BCUT2D eigenvalue weighted by Gasteiger charge is 2.04. The van der Waals surface area contributed by atoms with Crippen LogP contribution in [0, 0.1) is 0 Å². The summed E-state index contributed by atoms with van der Waals surface area (Å²) >= 11 is 7.38. The minimum atomic E-state index is 0. The minimum absolute atomic E-state index is 0. The molecule has 0 aliphatic carbocycles. The van der Waals surface area contributed by atoms with Crippen LogP contribution >= 0.6 is 35.3 Å². The Bertz CT molecular complexity index is 342. The normalized spacial score (nSPS) is 11.7. The summed E-state index contributed by atoms with van der Waals surface area (Å²) in [5.74, 6) is 0.0742. The third-order valence-corrected chi connectivity index (χ3v) is 3.49. The third kappa shape index (κ3) is 7.60. The summed E-state index contributed by atoms with van der Waals surface area (Å²) in [6.07, 6.45) is 2.08. The molecule has 0 saturated carbocycles. The van der Waals surface area contributed by atoms with Gasteiger partial charge in [0.1, 0.15) is 0 Å². The van der Waals surface area contributed by atoms with Gasteiger partial charge < -0.3 is 11.1 Å². The highest BCUT2D eigenvalue weighted by Crippen LogP contribution is 2.20. The topological polar surface area (TPSA) is 55.1 Å². The number of carbonyl (C=O) groups excluding carboxylic acids is 1. The molecule has 98 valence electrons. The second-order valence-electron chi connectivity index (χ2n) is 3.85. The Hall–Kier alpha value is -0.290. The number of thiophene rings is 1. The third-order valence-electron chi connectivity index (χ3n) is 2.14. The summed E-state index contributed by atoms with van der Waals surface area (Å²) in [6, 6.07) is 2.04. The number of carbonyl (C=O) groups is 1. The van der Waals surface area contributed by atoms with Crippen LogP contribution < -0.4 is 11.1 Å². The number of hydrogen-bond donors (Lipinski definition) is 2. The van der Waals surface area contributed by atoms with Crippen LogP contribution in [0.25, 0.3) is 0 Å². The quantitative estimate of drug-likeness (QED) is 0.848. The maximum absolute atomic E-state index is 11.4. The van der Waals surface area contributed by atoms with Crippen LogP contribution in [0.15, 0.2) is 11.4 Å². The smallest absolute Gasteiger partial charge is 0.220 e. The lowest BCUT2D eigenvalue weighted by molar-refractivity contribution is -0.121. The fourth-order valence-corrected chi connectivity index (χ4v) is 2.33. The Balaban J connectivity index is 0.00000256. The molecular formula is C11H18Cl2N2OS. The zero-order valence-corrected chi connectivity index (χ0v) is 12.1. The molecule has 0 radical (unpaired) electrons. The molecule has 0 aliphatic heterocycles. The summed E-state index contributed by atoms with van der Waals surface area (Å²) in [5, 5.41) is 5.47. The molecule has 1 atom stereocenters. The van der Waals surface area contributed by atoms with Gasteiger partial charge in [0, 0.05) is 29.3 Å². The van der Waals surface area contributed by atoms with Crippen LogP contribution in [0.5, 0.6) is 0 Å². The second-order valence-corrected chi connectivity index (χ2v) is 5.28. The summed E-state index contributed by atoms with van der Waals surface area (Å²) in [5.41, 5.74) is 5.58. The number of nitrogens with one attached hydrogen (secondary N) is 1. The van der Waals surface area contributed by atoms with Gasteiger partial charge in [-0.25, -0.2) is 0 Å². The first-order valence-corrected chi connectivity index (χ1v) is 6.59. The number of hydrogen-bond acceptors (Lipinski definition) is 3. The highest BCUT2D eigenvalue weighted by molar-refractivity contribution is 7.10. The molecule has 1 aromatic rings. The molecule has 0 aromatic carbocycles. The molecular weight excluding hydrogens is 279 g/mol. The summed E-state index contributed by atoms with van der Waals surface area (Å²) in [7, 11) is 0. The van der Waals surface area contributed by atoms with Crippen molar-refractivity contribution >= 4 is 41.3 Å². The zero-order chi connectivity index (χ0) is 12.0. The highest BCUT2D eigenvalue weighted by atomic mass is 35.5. The monoisotopic (exact) mass is 296 g/mol. The van der Waals surface area contributed by atoms with Crippen molar-refractivity contribution in [2.24, 2.45) is 5.73 Å². The summed E-state index contributed by atoms with van der Waals surface area (Å²) in [6.45, 7) is 2.58. The lowest BCUT2D eigenvalue weighted by Gasteiger charge is -2.06. The lowest BCUT2D eigenvalue weighted by atomic mass is 10.2. The SMILES string of the molecule is CC(N)CCNC(=O)CCc1cc(Cl)cs1.Cl. The van der Waals surface area contributed by atoms with Crippen LogP contribution in [0.1, 0.15) is 24.6 Å². The van der Waals surface area contributed by atoms with Gasteiger partial charge in [-0.1, -0.05) is 11.6 Å². The average molecular weight is 297 g/mol. The Morgan fingerprint density at radius 3 is 2.88 bits per heavy atom. The lowest BCUT2D eigenvalue weighted by Crippen LogP contribution is -2.28. The fourth-order valence-electron chi connectivity index (χ4n) is 1.25. The van der Waals surface area contributed by atoms with E-state index in [4.69, 9.17) is 17.3 Å². The van der Waals surface area contributed by atoms with E-state index >= 15 is 0 Å². The van der Waals surface area contributed by atoms with Crippen molar-refractivity contribution in [2.75, 3.05) is 6.54 Å². The fraction of sp³-hybridized carbons (Fsp3) is 0.545. The number of halogens is 2. The molecule has 1 heterocycles. The largest absolute Gasteiger partial charge is 0.356 e. The van der Waals surface area contributed by atoms with Crippen molar-refractivity contribution in [3.8, 4) is 0 Å². The Kier molecular flexibility index (Phi) is 8.60. The Labute approximate surface area is 117 Å². The van der Waals surface area contributed by atoms with Crippen molar-refractivity contribution < 1.29 is 4.79 Å². The number of rotatable bonds is 6. The van der Waals surface area contributed by atoms with Gasteiger partial charge in [0.05, 0.1) is 5.02 Å². The van der Waals surface area contributed by atoms with Gasteiger partial charge in [-0.05, 0) is 25.8 Å².